The predicted molar refractivity (Wildman–Crippen MR) is 105 cm³/mol. The summed E-state index contributed by atoms with van der Waals surface area (Å²) in [7, 11) is 3.13. The van der Waals surface area contributed by atoms with Crippen LogP contribution in [0.1, 0.15) is 11.3 Å². The van der Waals surface area contributed by atoms with Crippen LogP contribution in [-0.4, -0.2) is 24.8 Å². The molecule has 6 nitrogen and oxygen atoms in total. The second-order valence-electron chi connectivity index (χ2n) is 5.99. The Kier molecular flexibility index (Phi) is 5.99. The molecule has 0 atom stereocenters. The highest BCUT2D eigenvalue weighted by Gasteiger charge is 2.09. The first-order chi connectivity index (χ1) is 13.2. The number of carbonyl (C=O) groups excluding carboxylic acids is 1. The van der Waals surface area contributed by atoms with Crippen LogP contribution in [-0.2, 0) is 13.1 Å². The van der Waals surface area contributed by atoms with Crippen LogP contribution < -0.4 is 20.1 Å². The molecule has 6 heteroatoms. The average molecular weight is 365 g/mol. The summed E-state index contributed by atoms with van der Waals surface area (Å²) in [6.07, 6.45) is 2.01. The summed E-state index contributed by atoms with van der Waals surface area (Å²) in [5, 5.41) is 5.69. The quantitative estimate of drug-likeness (QED) is 0.668. The van der Waals surface area contributed by atoms with Crippen LogP contribution in [0.15, 0.2) is 66.9 Å². The smallest absolute Gasteiger partial charge is 0.319 e. The van der Waals surface area contributed by atoms with E-state index in [1.165, 1.54) is 5.56 Å². The number of amides is 2. The predicted octanol–water partition coefficient (Wildman–Crippen LogP) is 3.88. The van der Waals surface area contributed by atoms with E-state index in [0.29, 0.717) is 23.7 Å². The molecular weight excluding hydrogens is 342 g/mol. The van der Waals surface area contributed by atoms with Gasteiger partial charge in [-0.25, -0.2) is 4.79 Å². The normalized spacial score (nSPS) is 10.3. The van der Waals surface area contributed by atoms with Gasteiger partial charge in [-0.15, -0.1) is 0 Å². The molecule has 0 aliphatic rings. The molecule has 2 N–H and O–H groups in total. The summed E-state index contributed by atoms with van der Waals surface area (Å²) in [4.78, 5) is 12.3. The fourth-order valence-corrected chi connectivity index (χ4v) is 2.78. The van der Waals surface area contributed by atoms with Gasteiger partial charge in [-0.1, -0.05) is 30.3 Å². The van der Waals surface area contributed by atoms with Crippen molar-refractivity contribution in [1.82, 2.24) is 9.88 Å². The number of hydrogen-bond donors (Lipinski definition) is 2. The second-order valence-corrected chi connectivity index (χ2v) is 5.99. The van der Waals surface area contributed by atoms with Crippen molar-refractivity contribution in [3.8, 4) is 11.5 Å². The number of methoxy groups -OCH3 is 2. The van der Waals surface area contributed by atoms with Crippen LogP contribution >= 0.6 is 0 Å². The van der Waals surface area contributed by atoms with E-state index in [-0.39, 0.29) is 6.03 Å². The molecule has 3 rings (SSSR count). The Morgan fingerprint density at radius 2 is 1.81 bits per heavy atom. The van der Waals surface area contributed by atoms with Crippen LogP contribution in [0.5, 0.6) is 11.5 Å². The van der Waals surface area contributed by atoms with Crippen LogP contribution in [0.2, 0.25) is 0 Å². The Morgan fingerprint density at radius 3 is 2.56 bits per heavy atom. The number of aromatic nitrogens is 1. The molecule has 1 aromatic heterocycles. The zero-order valence-corrected chi connectivity index (χ0v) is 15.4. The maximum Gasteiger partial charge on any atom is 0.319 e. The molecule has 2 aromatic carbocycles. The summed E-state index contributed by atoms with van der Waals surface area (Å²) in [5.41, 5.74) is 2.81. The molecule has 0 saturated carbocycles. The summed E-state index contributed by atoms with van der Waals surface area (Å²) in [6.45, 7) is 1.18. The Hall–Kier alpha value is -3.41. The van der Waals surface area contributed by atoms with Gasteiger partial charge in [0.25, 0.3) is 0 Å². The minimum Gasteiger partial charge on any atom is -0.497 e. The van der Waals surface area contributed by atoms with Crippen LogP contribution in [0.4, 0.5) is 10.5 Å². The molecule has 0 unspecified atom stereocenters. The largest absolute Gasteiger partial charge is 0.497 e. The van der Waals surface area contributed by atoms with Crippen LogP contribution in [0.3, 0.4) is 0 Å². The first-order valence-electron chi connectivity index (χ1n) is 8.64. The lowest BCUT2D eigenvalue weighted by molar-refractivity contribution is 0.251. The van der Waals surface area contributed by atoms with Gasteiger partial charge in [0, 0.05) is 24.5 Å². The number of urea groups is 1. The fourth-order valence-electron chi connectivity index (χ4n) is 2.78. The molecule has 0 aliphatic carbocycles. The van der Waals surface area contributed by atoms with E-state index < -0.39 is 0 Å². The highest BCUT2D eigenvalue weighted by molar-refractivity contribution is 5.91. The molecule has 140 valence electrons. The third-order valence-electron chi connectivity index (χ3n) is 4.21. The van der Waals surface area contributed by atoms with Gasteiger partial charge in [0.05, 0.1) is 26.5 Å². The van der Waals surface area contributed by atoms with E-state index in [0.717, 1.165) is 12.2 Å². The van der Waals surface area contributed by atoms with E-state index in [9.17, 15) is 4.79 Å². The van der Waals surface area contributed by atoms with Crippen molar-refractivity contribution in [1.29, 1.82) is 0 Å². The van der Waals surface area contributed by atoms with E-state index in [1.54, 1.807) is 32.4 Å². The third kappa shape index (κ3) is 4.82. The Morgan fingerprint density at radius 1 is 1.00 bits per heavy atom. The zero-order valence-electron chi connectivity index (χ0n) is 15.4. The summed E-state index contributed by atoms with van der Waals surface area (Å²) >= 11 is 0. The summed E-state index contributed by atoms with van der Waals surface area (Å²) in [5.74, 6) is 1.20. The molecule has 0 aliphatic heterocycles. The van der Waals surface area contributed by atoms with Crippen molar-refractivity contribution >= 4 is 11.7 Å². The lowest BCUT2D eigenvalue weighted by Gasteiger charge is -2.13. The van der Waals surface area contributed by atoms with Gasteiger partial charge in [-0.05, 0) is 29.8 Å². The van der Waals surface area contributed by atoms with E-state index in [4.69, 9.17) is 9.47 Å². The standard InChI is InChI=1S/C21H23N3O3/c1-26-18-10-11-19(20(13-18)27-2)23-21(25)22-14-17-9-6-12-24(17)15-16-7-4-3-5-8-16/h3-13H,14-15H2,1-2H3,(H2,22,23,25). The maximum atomic E-state index is 12.3. The van der Waals surface area contributed by atoms with Gasteiger partial charge in [-0.2, -0.15) is 0 Å². The van der Waals surface area contributed by atoms with Crippen LogP contribution in [0, 0.1) is 0 Å². The molecular formula is C21H23N3O3. The lowest BCUT2D eigenvalue weighted by atomic mass is 10.2. The van der Waals surface area contributed by atoms with Gasteiger partial charge in [0.2, 0.25) is 0 Å². The number of ether oxygens (including phenoxy) is 2. The number of nitrogens with zero attached hydrogens (tertiary/aromatic N) is 1. The number of rotatable bonds is 7. The number of nitrogens with one attached hydrogen (secondary N) is 2. The number of hydrogen-bond acceptors (Lipinski definition) is 3. The van der Waals surface area contributed by atoms with Gasteiger partial charge in [-0.3, -0.25) is 0 Å². The van der Waals surface area contributed by atoms with Gasteiger partial charge < -0.3 is 24.7 Å². The van der Waals surface area contributed by atoms with Crippen LogP contribution in [0.25, 0.3) is 0 Å². The number of carbonyl (C=O) groups is 1. The SMILES string of the molecule is COc1ccc(NC(=O)NCc2cccn2Cc2ccccc2)c(OC)c1. The highest BCUT2D eigenvalue weighted by Crippen LogP contribution is 2.28. The van der Waals surface area contributed by atoms with Crippen molar-refractivity contribution in [2.75, 3.05) is 19.5 Å². The molecule has 3 aromatic rings. The molecule has 0 bridgehead atoms. The highest BCUT2D eigenvalue weighted by atomic mass is 16.5. The van der Waals surface area contributed by atoms with E-state index in [2.05, 4.69) is 27.3 Å². The molecule has 1 heterocycles. The molecule has 0 radical (unpaired) electrons. The molecule has 0 spiro atoms. The monoisotopic (exact) mass is 365 g/mol. The maximum absolute atomic E-state index is 12.3. The number of benzene rings is 2. The van der Waals surface area contributed by atoms with Crippen molar-refractivity contribution in [2.45, 2.75) is 13.1 Å². The first kappa shape index (κ1) is 18.4. The lowest BCUT2D eigenvalue weighted by Crippen LogP contribution is -2.29. The Balaban J connectivity index is 1.60. The average Bonchev–Trinajstić information content (AvgIpc) is 3.14. The van der Waals surface area contributed by atoms with Crippen molar-refractivity contribution in [3.05, 3.63) is 78.1 Å². The topological polar surface area (TPSA) is 64.5 Å². The minimum atomic E-state index is -0.300. The number of anilines is 1. The third-order valence-corrected chi connectivity index (χ3v) is 4.21. The summed E-state index contributed by atoms with van der Waals surface area (Å²) in [6, 6.07) is 19.1. The van der Waals surface area contributed by atoms with Gasteiger partial charge in [0.1, 0.15) is 11.5 Å². The molecule has 27 heavy (non-hydrogen) atoms. The second kappa shape index (κ2) is 8.80. The first-order valence-corrected chi connectivity index (χ1v) is 8.64. The zero-order chi connectivity index (χ0) is 19.1. The van der Waals surface area contributed by atoms with Gasteiger partial charge >= 0.3 is 6.03 Å². The van der Waals surface area contributed by atoms with E-state index >= 15 is 0 Å². The Bertz CT molecular complexity index is 891. The van der Waals surface area contributed by atoms with Gasteiger partial charge in [0.15, 0.2) is 0 Å². The van der Waals surface area contributed by atoms with Crippen molar-refractivity contribution in [3.63, 3.8) is 0 Å². The fraction of sp³-hybridized carbons (Fsp3) is 0.190. The molecule has 2 amide bonds. The summed E-state index contributed by atoms with van der Waals surface area (Å²) < 4.78 is 12.6. The Labute approximate surface area is 158 Å². The van der Waals surface area contributed by atoms with Crippen molar-refractivity contribution in [2.24, 2.45) is 0 Å². The minimum absolute atomic E-state index is 0.300. The van der Waals surface area contributed by atoms with Crippen molar-refractivity contribution < 1.29 is 14.3 Å². The molecule has 0 saturated heterocycles. The van der Waals surface area contributed by atoms with E-state index in [1.807, 2.05) is 36.5 Å². The molecule has 0 fully saturated rings.